The molecule has 1 saturated heterocycles. The van der Waals surface area contributed by atoms with Gasteiger partial charge in [0.15, 0.2) is 5.96 Å². The lowest BCUT2D eigenvalue weighted by Crippen LogP contribution is -2.47. The number of para-hydroxylation sites is 1. The van der Waals surface area contributed by atoms with Gasteiger partial charge in [0.25, 0.3) is 0 Å². The zero-order valence-electron chi connectivity index (χ0n) is 18.7. The zero-order valence-corrected chi connectivity index (χ0v) is 21.8. The summed E-state index contributed by atoms with van der Waals surface area (Å²) in [7, 11) is 1.80. The van der Waals surface area contributed by atoms with Crippen molar-refractivity contribution in [2.24, 2.45) is 4.99 Å². The summed E-state index contributed by atoms with van der Waals surface area (Å²) >= 11 is 1.77. The van der Waals surface area contributed by atoms with Crippen LogP contribution in [0.4, 0.5) is 10.1 Å². The first-order valence-electron chi connectivity index (χ1n) is 10.7. The summed E-state index contributed by atoms with van der Waals surface area (Å²) in [4.78, 5) is 14.8. The van der Waals surface area contributed by atoms with Crippen LogP contribution in [0.1, 0.15) is 22.0 Å². The number of halogens is 2. The van der Waals surface area contributed by atoms with E-state index in [-0.39, 0.29) is 29.8 Å². The molecule has 31 heavy (non-hydrogen) atoms. The normalized spacial score (nSPS) is 15.0. The summed E-state index contributed by atoms with van der Waals surface area (Å²) in [6, 6.07) is 7.04. The van der Waals surface area contributed by atoms with Crippen molar-refractivity contribution in [1.82, 2.24) is 20.5 Å². The second kappa shape index (κ2) is 13.2. The van der Waals surface area contributed by atoms with E-state index >= 15 is 0 Å². The van der Waals surface area contributed by atoms with Crippen LogP contribution < -0.4 is 15.5 Å². The van der Waals surface area contributed by atoms with E-state index in [2.05, 4.69) is 44.3 Å². The van der Waals surface area contributed by atoms with Gasteiger partial charge in [-0.3, -0.25) is 9.89 Å². The number of guanidine groups is 1. The molecule has 3 rings (SSSR count). The molecule has 2 N–H and O–H groups in total. The highest BCUT2D eigenvalue weighted by atomic mass is 127. The van der Waals surface area contributed by atoms with Gasteiger partial charge in [-0.2, -0.15) is 0 Å². The summed E-state index contributed by atoms with van der Waals surface area (Å²) in [6.45, 7) is 10.6. The Hall–Kier alpha value is -1.46. The fourth-order valence-electron chi connectivity index (χ4n) is 3.58. The lowest BCUT2D eigenvalue weighted by molar-refractivity contribution is 0.254. The molecule has 0 radical (unpaired) electrons. The maximum Gasteiger partial charge on any atom is 0.190 e. The molecule has 6 nitrogen and oxygen atoms in total. The minimum atomic E-state index is -0.130. The number of rotatable bonds is 8. The molecule has 0 saturated carbocycles. The number of aromatic nitrogens is 1. The molecule has 0 aliphatic carbocycles. The van der Waals surface area contributed by atoms with Gasteiger partial charge >= 0.3 is 0 Å². The Morgan fingerprint density at radius 1 is 1.13 bits per heavy atom. The standard InChI is InChI=1S/C22H33FN6S.HI/c1-17-18(2)30-21(27-17)9-11-26-22(24-3)25-10-6-12-28-13-15-29(16-14-28)20-8-5-4-7-19(20)23;/h4-5,7-8H,6,9-16H2,1-3H3,(H2,24,25,26);1H. The maximum atomic E-state index is 13.9. The fraction of sp³-hybridized carbons (Fsp3) is 0.545. The molecule has 0 spiro atoms. The number of nitrogens with zero attached hydrogens (tertiary/aromatic N) is 4. The third kappa shape index (κ3) is 7.87. The minimum absolute atomic E-state index is 0. The third-order valence-electron chi connectivity index (χ3n) is 5.44. The van der Waals surface area contributed by atoms with E-state index in [1.807, 2.05) is 12.1 Å². The summed E-state index contributed by atoms with van der Waals surface area (Å²) in [6.07, 6.45) is 1.96. The van der Waals surface area contributed by atoms with Gasteiger partial charge in [-0.15, -0.1) is 35.3 Å². The molecule has 0 atom stereocenters. The molecule has 172 valence electrons. The van der Waals surface area contributed by atoms with Crippen LogP contribution >= 0.6 is 35.3 Å². The lowest BCUT2D eigenvalue weighted by Gasteiger charge is -2.36. The molecule has 2 aromatic rings. The first kappa shape index (κ1) is 25.8. The topological polar surface area (TPSA) is 55.8 Å². The number of benzene rings is 1. The number of hydrogen-bond donors (Lipinski definition) is 2. The van der Waals surface area contributed by atoms with Crippen LogP contribution in [0.25, 0.3) is 0 Å². The second-order valence-electron chi connectivity index (χ2n) is 7.56. The van der Waals surface area contributed by atoms with Crippen LogP contribution in [0.15, 0.2) is 29.3 Å². The highest BCUT2D eigenvalue weighted by Gasteiger charge is 2.18. The van der Waals surface area contributed by atoms with Crippen molar-refractivity contribution in [3.05, 3.63) is 45.7 Å². The Balaban J connectivity index is 0.00000341. The molecule has 9 heteroatoms. The number of aryl methyl sites for hydroxylation is 2. The number of anilines is 1. The van der Waals surface area contributed by atoms with Gasteiger partial charge < -0.3 is 15.5 Å². The zero-order chi connectivity index (χ0) is 21.3. The van der Waals surface area contributed by atoms with Crippen LogP contribution in [0.5, 0.6) is 0 Å². The van der Waals surface area contributed by atoms with E-state index in [9.17, 15) is 4.39 Å². The molecular weight excluding hydrogens is 526 g/mol. The monoisotopic (exact) mass is 560 g/mol. The lowest BCUT2D eigenvalue weighted by atomic mass is 10.2. The van der Waals surface area contributed by atoms with Gasteiger partial charge in [0, 0.05) is 57.6 Å². The smallest absolute Gasteiger partial charge is 0.190 e. The molecule has 0 unspecified atom stereocenters. The SMILES string of the molecule is CN=C(NCCCN1CCN(c2ccccc2F)CC1)NCCc1nc(C)c(C)s1.I. The van der Waals surface area contributed by atoms with E-state index in [0.29, 0.717) is 0 Å². The highest BCUT2D eigenvalue weighted by molar-refractivity contribution is 14.0. The summed E-state index contributed by atoms with van der Waals surface area (Å²) in [5, 5.41) is 7.92. The highest BCUT2D eigenvalue weighted by Crippen LogP contribution is 2.20. The number of nitrogens with one attached hydrogen (secondary N) is 2. The second-order valence-corrected chi connectivity index (χ2v) is 8.85. The van der Waals surface area contributed by atoms with Crippen molar-refractivity contribution in [3.8, 4) is 0 Å². The summed E-state index contributed by atoms with van der Waals surface area (Å²) < 4.78 is 13.9. The Morgan fingerprint density at radius 3 is 2.48 bits per heavy atom. The molecule has 2 heterocycles. The van der Waals surface area contributed by atoms with Crippen molar-refractivity contribution in [1.29, 1.82) is 0 Å². The molecule has 1 aliphatic heterocycles. The quantitative estimate of drug-likeness (QED) is 0.224. The molecule has 0 amide bonds. The molecule has 1 aliphatic rings. The largest absolute Gasteiger partial charge is 0.367 e. The number of hydrogen-bond acceptors (Lipinski definition) is 5. The van der Waals surface area contributed by atoms with E-state index in [1.165, 1.54) is 16.0 Å². The Kier molecular flexibility index (Phi) is 11.0. The van der Waals surface area contributed by atoms with Gasteiger partial charge in [0.05, 0.1) is 16.4 Å². The van der Waals surface area contributed by atoms with Gasteiger partial charge in [0.2, 0.25) is 0 Å². The van der Waals surface area contributed by atoms with Gasteiger partial charge in [-0.1, -0.05) is 12.1 Å². The van der Waals surface area contributed by atoms with Gasteiger partial charge in [0.1, 0.15) is 5.82 Å². The van der Waals surface area contributed by atoms with Crippen molar-refractivity contribution < 1.29 is 4.39 Å². The molecule has 1 fully saturated rings. The maximum absolute atomic E-state index is 13.9. The number of aliphatic imine (C=N–C) groups is 1. The summed E-state index contributed by atoms with van der Waals surface area (Å²) in [5.41, 5.74) is 1.85. The van der Waals surface area contributed by atoms with Crippen molar-refractivity contribution in [2.75, 3.05) is 57.8 Å². The minimum Gasteiger partial charge on any atom is -0.367 e. The third-order valence-corrected chi connectivity index (χ3v) is 6.57. The van der Waals surface area contributed by atoms with Gasteiger partial charge in [-0.05, 0) is 38.9 Å². The number of thiazole rings is 1. The molecule has 0 bridgehead atoms. The van der Waals surface area contributed by atoms with Gasteiger partial charge in [-0.25, -0.2) is 9.37 Å². The van der Waals surface area contributed by atoms with Crippen LogP contribution in [0.2, 0.25) is 0 Å². The van der Waals surface area contributed by atoms with Crippen LogP contribution in [-0.4, -0.2) is 68.7 Å². The first-order chi connectivity index (χ1) is 14.6. The Morgan fingerprint density at radius 2 is 1.84 bits per heavy atom. The fourth-order valence-corrected chi connectivity index (χ4v) is 4.52. The average molecular weight is 561 g/mol. The predicted octanol–water partition coefficient (Wildman–Crippen LogP) is 3.44. The van der Waals surface area contributed by atoms with E-state index in [1.54, 1.807) is 24.5 Å². The van der Waals surface area contributed by atoms with Crippen molar-refractivity contribution >= 4 is 47.0 Å². The number of piperazine rings is 1. The average Bonchev–Trinajstić information content (AvgIpc) is 3.08. The predicted molar refractivity (Wildman–Crippen MR) is 140 cm³/mol. The Bertz CT molecular complexity index is 816. The van der Waals surface area contributed by atoms with E-state index < -0.39 is 0 Å². The first-order valence-corrected chi connectivity index (χ1v) is 11.5. The van der Waals surface area contributed by atoms with E-state index in [4.69, 9.17) is 0 Å². The van der Waals surface area contributed by atoms with Crippen molar-refractivity contribution in [3.63, 3.8) is 0 Å². The molecule has 1 aromatic carbocycles. The molecular formula is C22H34FIN6S. The van der Waals surface area contributed by atoms with E-state index in [0.717, 1.165) is 76.0 Å². The molecule has 1 aromatic heterocycles. The van der Waals surface area contributed by atoms with Crippen molar-refractivity contribution in [2.45, 2.75) is 26.7 Å². The van der Waals surface area contributed by atoms with Crippen LogP contribution in [-0.2, 0) is 6.42 Å². The van der Waals surface area contributed by atoms with Crippen LogP contribution in [0.3, 0.4) is 0 Å². The summed E-state index contributed by atoms with van der Waals surface area (Å²) in [5.74, 6) is 0.707. The van der Waals surface area contributed by atoms with Crippen LogP contribution in [0, 0.1) is 19.7 Å². The Labute approximate surface area is 206 Å².